The number of aliphatic imine (C=N–C) groups is 1. The largest absolute Gasteiger partial charge is 0.227 e. The maximum absolute atomic E-state index is 4.22. The molecule has 2 rings (SSSR count). The minimum absolute atomic E-state index is 0.795. The maximum Gasteiger partial charge on any atom is 0.208 e. The van der Waals surface area contributed by atoms with Gasteiger partial charge < -0.3 is 0 Å². The second-order valence-corrected chi connectivity index (χ2v) is 3.36. The highest BCUT2D eigenvalue weighted by molar-refractivity contribution is 7.13. The molecular formula is C10H8N2S. The van der Waals surface area contributed by atoms with Crippen LogP contribution in [-0.4, -0.2) is 11.2 Å². The Morgan fingerprint density at radius 1 is 1.23 bits per heavy atom. The number of benzene rings is 1. The first-order valence-electron chi connectivity index (χ1n) is 3.94. The van der Waals surface area contributed by atoms with E-state index in [9.17, 15) is 0 Å². The molecule has 0 N–H and O–H groups in total. The van der Waals surface area contributed by atoms with Gasteiger partial charge in [0.25, 0.3) is 0 Å². The van der Waals surface area contributed by atoms with Crippen LogP contribution in [0.15, 0.2) is 46.9 Å². The SMILES string of the molecule is C(=N/c1nccs1)/c1ccccc1. The first-order chi connectivity index (χ1) is 6.45. The Hall–Kier alpha value is -1.48. The van der Waals surface area contributed by atoms with Crippen LogP contribution in [0.25, 0.3) is 0 Å². The number of thiazole rings is 1. The molecule has 1 aromatic heterocycles. The zero-order chi connectivity index (χ0) is 8.93. The number of nitrogens with zero attached hydrogens (tertiary/aromatic N) is 2. The van der Waals surface area contributed by atoms with Crippen molar-refractivity contribution < 1.29 is 0 Å². The molecule has 0 spiro atoms. The van der Waals surface area contributed by atoms with E-state index in [1.807, 2.05) is 41.9 Å². The van der Waals surface area contributed by atoms with Gasteiger partial charge in [-0.25, -0.2) is 9.98 Å². The summed E-state index contributed by atoms with van der Waals surface area (Å²) in [4.78, 5) is 8.27. The molecule has 0 saturated carbocycles. The van der Waals surface area contributed by atoms with Crippen LogP contribution < -0.4 is 0 Å². The standard InChI is InChI=1S/C10H8N2S/c1-2-4-9(5-3-1)8-12-10-11-6-7-13-10/h1-8H/b12-8-. The van der Waals surface area contributed by atoms with Crippen LogP contribution in [0.2, 0.25) is 0 Å². The summed E-state index contributed by atoms with van der Waals surface area (Å²) in [6, 6.07) is 9.99. The van der Waals surface area contributed by atoms with Crippen LogP contribution in [0.5, 0.6) is 0 Å². The van der Waals surface area contributed by atoms with Gasteiger partial charge in [0.05, 0.1) is 0 Å². The zero-order valence-electron chi connectivity index (χ0n) is 6.92. The van der Waals surface area contributed by atoms with Crippen molar-refractivity contribution in [1.82, 2.24) is 4.98 Å². The molecule has 0 aliphatic heterocycles. The molecule has 1 aromatic carbocycles. The fourth-order valence-electron chi connectivity index (χ4n) is 0.949. The Bertz CT molecular complexity index is 379. The summed E-state index contributed by atoms with van der Waals surface area (Å²) in [6.07, 6.45) is 3.57. The van der Waals surface area contributed by atoms with Crippen molar-refractivity contribution in [1.29, 1.82) is 0 Å². The highest BCUT2D eigenvalue weighted by Gasteiger charge is 1.88. The molecule has 0 aliphatic carbocycles. The van der Waals surface area contributed by atoms with E-state index in [1.165, 1.54) is 11.3 Å². The third-order valence-corrected chi connectivity index (χ3v) is 2.22. The summed E-state index contributed by atoms with van der Waals surface area (Å²) in [5.41, 5.74) is 1.10. The second-order valence-electron chi connectivity index (χ2n) is 2.48. The summed E-state index contributed by atoms with van der Waals surface area (Å²) in [5, 5.41) is 2.71. The fourth-order valence-corrected chi connectivity index (χ4v) is 1.43. The molecule has 0 radical (unpaired) electrons. The minimum Gasteiger partial charge on any atom is -0.227 e. The third-order valence-electron chi connectivity index (χ3n) is 1.54. The molecule has 3 heteroatoms. The lowest BCUT2D eigenvalue weighted by Crippen LogP contribution is -1.76. The molecule has 2 aromatic rings. The van der Waals surface area contributed by atoms with Crippen LogP contribution >= 0.6 is 11.3 Å². The van der Waals surface area contributed by atoms with Gasteiger partial charge >= 0.3 is 0 Å². The number of hydrogen-bond acceptors (Lipinski definition) is 3. The van der Waals surface area contributed by atoms with E-state index in [-0.39, 0.29) is 0 Å². The van der Waals surface area contributed by atoms with Gasteiger partial charge in [-0.15, -0.1) is 11.3 Å². The Balaban J connectivity index is 2.15. The molecule has 1 heterocycles. The lowest BCUT2D eigenvalue weighted by Gasteiger charge is -1.88. The Morgan fingerprint density at radius 2 is 2.08 bits per heavy atom. The maximum atomic E-state index is 4.22. The average Bonchev–Trinajstić information content (AvgIpc) is 2.69. The highest BCUT2D eigenvalue weighted by atomic mass is 32.1. The predicted octanol–water partition coefficient (Wildman–Crippen LogP) is 2.89. The predicted molar refractivity (Wildman–Crippen MR) is 55.8 cm³/mol. The van der Waals surface area contributed by atoms with Crippen molar-refractivity contribution in [2.45, 2.75) is 0 Å². The van der Waals surface area contributed by atoms with Crippen molar-refractivity contribution in [3.05, 3.63) is 47.5 Å². The summed E-state index contributed by atoms with van der Waals surface area (Å²) in [5.74, 6) is 0. The Kier molecular flexibility index (Phi) is 2.48. The summed E-state index contributed by atoms with van der Waals surface area (Å²) in [6.45, 7) is 0. The molecule has 0 unspecified atom stereocenters. The Labute approximate surface area is 80.6 Å². The number of aromatic nitrogens is 1. The van der Waals surface area contributed by atoms with Crippen molar-refractivity contribution in [2.24, 2.45) is 4.99 Å². The summed E-state index contributed by atoms with van der Waals surface area (Å²) >= 11 is 1.53. The van der Waals surface area contributed by atoms with E-state index in [2.05, 4.69) is 9.98 Å². The molecule has 13 heavy (non-hydrogen) atoms. The monoisotopic (exact) mass is 188 g/mol. The topological polar surface area (TPSA) is 25.2 Å². The first kappa shape index (κ1) is 8.13. The van der Waals surface area contributed by atoms with E-state index in [4.69, 9.17) is 0 Å². The van der Waals surface area contributed by atoms with Gasteiger partial charge in [-0.1, -0.05) is 30.3 Å². The fraction of sp³-hybridized carbons (Fsp3) is 0. The molecule has 0 bridgehead atoms. The second kappa shape index (κ2) is 3.96. The van der Waals surface area contributed by atoms with Crippen LogP contribution in [0.4, 0.5) is 5.13 Å². The molecule has 0 aliphatic rings. The van der Waals surface area contributed by atoms with Crippen molar-refractivity contribution in [3.8, 4) is 0 Å². The lowest BCUT2D eigenvalue weighted by atomic mass is 10.2. The normalized spacial score (nSPS) is 10.8. The van der Waals surface area contributed by atoms with E-state index >= 15 is 0 Å². The van der Waals surface area contributed by atoms with E-state index in [0.29, 0.717) is 0 Å². The lowest BCUT2D eigenvalue weighted by molar-refractivity contribution is 1.36. The molecule has 2 nitrogen and oxygen atoms in total. The number of rotatable bonds is 2. The van der Waals surface area contributed by atoms with Gasteiger partial charge in [0.2, 0.25) is 5.13 Å². The van der Waals surface area contributed by atoms with Crippen molar-refractivity contribution in [3.63, 3.8) is 0 Å². The van der Waals surface area contributed by atoms with E-state index in [0.717, 1.165) is 10.7 Å². The van der Waals surface area contributed by atoms with Gasteiger partial charge in [0.1, 0.15) is 0 Å². The molecule has 64 valence electrons. The van der Waals surface area contributed by atoms with Crippen molar-refractivity contribution >= 4 is 22.7 Å². The number of hydrogen-bond donors (Lipinski definition) is 0. The molecular weight excluding hydrogens is 180 g/mol. The first-order valence-corrected chi connectivity index (χ1v) is 4.82. The third kappa shape index (κ3) is 2.23. The van der Waals surface area contributed by atoms with Gasteiger partial charge in [0.15, 0.2) is 0 Å². The van der Waals surface area contributed by atoms with E-state index < -0.39 is 0 Å². The zero-order valence-corrected chi connectivity index (χ0v) is 7.74. The van der Waals surface area contributed by atoms with Crippen LogP contribution in [0, 0.1) is 0 Å². The molecule has 0 fully saturated rings. The quantitative estimate of drug-likeness (QED) is 0.665. The Morgan fingerprint density at radius 3 is 2.77 bits per heavy atom. The molecule has 0 amide bonds. The van der Waals surface area contributed by atoms with Crippen LogP contribution in [0.3, 0.4) is 0 Å². The van der Waals surface area contributed by atoms with Gasteiger partial charge in [0, 0.05) is 17.8 Å². The van der Waals surface area contributed by atoms with Gasteiger partial charge in [-0.2, -0.15) is 0 Å². The van der Waals surface area contributed by atoms with Crippen LogP contribution in [0.1, 0.15) is 5.56 Å². The van der Waals surface area contributed by atoms with Crippen LogP contribution in [-0.2, 0) is 0 Å². The summed E-state index contributed by atoms with van der Waals surface area (Å²) < 4.78 is 0. The highest BCUT2D eigenvalue weighted by Crippen LogP contribution is 2.14. The van der Waals surface area contributed by atoms with Crippen molar-refractivity contribution in [2.75, 3.05) is 0 Å². The minimum atomic E-state index is 0.795. The molecule has 0 atom stereocenters. The summed E-state index contributed by atoms with van der Waals surface area (Å²) in [7, 11) is 0. The van der Waals surface area contributed by atoms with Gasteiger partial charge in [-0.3, -0.25) is 0 Å². The van der Waals surface area contributed by atoms with E-state index in [1.54, 1.807) is 6.20 Å². The van der Waals surface area contributed by atoms with Gasteiger partial charge in [-0.05, 0) is 5.56 Å². The smallest absolute Gasteiger partial charge is 0.208 e. The average molecular weight is 188 g/mol. The molecule has 0 saturated heterocycles.